The fraction of sp³-hybridized carbons (Fsp3) is 0.222. The molecule has 29 heavy (non-hydrogen) atoms. The van der Waals surface area contributed by atoms with Crippen LogP contribution in [0.25, 0.3) is 0 Å². The van der Waals surface area contributed by atoms with E-state index in [9.17, 15) is 38.0 Å². The lowest BCUT2D eigenvalue weighted by Crippen LogP contribution is -2.72. The third kappa shape index (κ3) is 3.63. The smallest absolute Gasteiger partial charge is 0.363 e. The van der Waals surface area contributed by atoms with Gasteiger partial charge in [0.05, 0.1) is 11.0 Å². The molecule has 2 aromatic carbocycles. The second-order valence-electron chi connectivity index (χ2n) is 6.40. The lowest BCUT2D eigenvalue weighted by Gasteiger charge is -2.45. The van der Waals surface area contributed by atoms with E-state index < -0.39 is 46.3 Å². The molecule has 8 nitrogen and oxygen atoms in total. The number of hydrogen-bond acceptors (Lipinski definition) is 5. The topological polar surface area (TPSA) is 122 Å². The number of Topliss-reactive ketones (excluding diaryl/α,β-unsaturated/α-hetero) is 1. The lowest BCUT2D eigenvalue weighted by atomic mass is 9.77. The van der Waals surface area contributed by atoms with Gasteiger partial charge in [-0.2, -0.15) is 13.2 Å². The van der Waals surface area contributed by atoms with Crippen LogP contribution < -0.4 is 10.6 Å². The molecule has 0 radical (unpaired) electrons. The summed E-state index contributed by atoms with van der Waals surface area (Å²) in [5, 5.41) is 25.0. The number of benzene rings is 2. The van der Waals surface area contributed by atoms with E-state index in [2.05, 4.69) is 5.32 Å². The minimum Gasteiger partial charge on any atom is -0.363 e. The predicted molar refractivity (Wildman–Crippen MR) is 92.8 cm³/mol. The molecule has 1 aliphatic heterocycles. The minimum atomic E-state index is -5.40. The van der Waals surface area contributed by atoms with E-state index in [4.69, 9.17) is 0 Å². The molecule has 1 aliphatic rings. The van der Waals surface area contributed by atoms with E-state index in [-0.39, 0.29) is 11.1 Å². The van der Waals surface area contributed by atoms with Gasteiger partial charge in [0.15, 0.2) is 5.78 Å². The summed E-state index contributed by atoms with van der Waals surface area (Å²) >= 11 is 0. The monoisotopic (exact) mass is 409 g/mol. The summed E-state index contributed by atoms with van der Waals surface area (Å²) in [6, 6.07) is 8.36. The van der Waals surface area contributed by atoms with E-state index in [0.29, 0.717) is 0 Å². The summed E-state index contributed by atoms with van der Waals surface area (Å²) in [6.45, 7) is 0. The molecular formula is C18H14F3N3O5. The van der Waals surface area contributed by atoms with Crippen molar-refractivity contribution in [1.82, 2.24) is 10.6 Å². The third-order valence-electron chi connectivity index (χ3n) is 4.59. The molecule has 1 heterocycles. The van der Waals surface area contributed by atoms with Crippen LogP contribution in [-0.2, 0) is 0 Å². The number of nitrogens with one attached hydrogen (secondary N) is 2. The van der Waals surface area contributed by atoms with Gasteiger partial charge in [0.1, 0.15) is 5.92 Å². The Kier molecular flexibility index (Phi) is 5.01. The van der Waals surface area contributed by atoms with Crippen LogP contribution in [0.3, 0.4) is 0 Å². The van der Waals surface area contributed by atoms with Crippen LogP contribution in [0.4, 0.5) is 23.7 Å². The maximum Gasteiger partial charge on any atom is 0.437 e. The van der Waals surface area contributed by atoms with Crippen molar-refractivity contribution in [1.29, 1.82) is 0 Å². The van der Waals surface area contributed by atoms with E-state index >= 15 is 0 Å². The van der Waals surface area contributed by atoms with Gasteiger partial charge in [-0.05, 0) is 5.56 Å². The van der Waals surface area contributed by atoms with Gasteiger partial charge in [-0.3, -0.25) is 14.9 Å². The highest BCUT2D eigenvalue weighted by molar-refractivity contribution is 6.00. The molecule has 0 bridgehead atoms. The molecule has 2 aromatic rings. The quantitative estimate of drug-likeness (QED) is 0.407. The molecule has 152 valence electrons. The largest absolute Gasteiger partial charge is 0.437 e. The van der Waals surface area contributed by atoms with Gasteiger partial charge in [-0.1, -0.05) is 42.5 Å². The molecule has 0 spiro atoms. The molecule has 3 rings (SSSR count). The van der Waals surface area contributed by atoms with E-state index in [1.54, 1.807) is 6.07 Å². The van der Waals surface area contributed by atoms with E-state index in [1.807, 2.05) is 0 Å². The molecule has 1 fully saturated rings. The van der Waals surface area contributed by atoms with Crippen LogP contribution in [0.15, 0.2) is 54.6 Å². The van der Waals surface area contributed by atoms with E-state index in [0.717, 1.165) is 12.1 Å². The summed E-state index contributed by atoms with van der Waals surface area (Å²) in [7, 11) is 0. The summed E-state index contributed by atoms with van der Waals surface area (Å²) in [5.41, 5.74) is -4.60. The molecule has 3 N–H and O–H groups in total. The first-order valence-electron chi connectivity index (χ1n) is 8.26. The fourth-order valence-corrected chi connectivity index (χ4v) is 3.23. The summed E-state index contributed by atoms with van der Waals surface area (Å²) < 4.78 is 41.3. The SMILES string of the molecule is O=C1N[C@@H](c2cccc([N+](=O)[O-])c2)[C@H](C(=O)c2ccccc2)[C@@](O)(C(F)(F)F)N1. The number of nitro groups is 1. The average Bonchev–Trinajstić information content (AvgIpc) is 2.67. The highest BCUT2D eigenvalue weighted by atomic mass is 19.4. The van der Waals surface area contributed by atoms with Gasteiger partial charge >= 0.3 is 12.2 Å². The van der Waals surface area contributed by atoms with E-state index in [1.165, 1.54) is 41.7 Å². The Morgan fingerprint density at radius 2 is 1.79 bits per heavy atom. The van der Waals surface area contributed by atoms with Crippen molar-refractivity contribution in [2.24, 2.45) is 5.92 Å². The second-order valence-corrected chi connectivity index (χ2v) is 6.40. The van der Waals surface area contributed by atoms with Crippen molar-refractivity contribution in [3.05, 3.63) is 75.8 Å². The van der Waals surface area contributed by atoms with Crippen molar-refractivity contribution in [3.63, 3.8) is 0 Å². The number of aliphatic hydroxyl groups is 1. The zero-order valence-corrected chi connectivity index (χ0v) is 14.5. The number of alkyl halides is 3. The highest BCUT2D eigenvalue weighted by Crippen LogP contribution is 2.44. The van der Waals surface area contributed by atoms with Crippen molar-refractivity contribution in [3.8, 4) is 0 Å². The average molecular weight is 409 g/mol. The zero-order chi connectivity index (χ0) is 21.4. The Morgan fingerprint density at radius 3 is 2.38 bits per heavy atom. The second kappa shape index (κ2) is 7.17. The number of urea groups is 1. The molecule has 11 heteroatoms. The number of halogens is 3. The van der Waals surface area contributed by atoms with Gasteiger partial charge in [-0.15, -0.1) is 0 Å². The van der Waals surface area contributed by atoms with Gasteiger partial charge < -0.3 is 15.7 Å². The molecule has 2 amide bonds. The van der Waals surface area contributed by atoms with Crippen LogP contribution in [0.5, 0.6) is 0 Å². The molecule has 0 saturated carbocycles. The summed E-state index contributed by atoms with van der Waals surface area (Å²) in [4.78, 5) is 35.2. The van der Waals surface area contributed by atoms with Crippen LogP contribution >= 0.6 is 0 Å². The maximum atomic E-state index is 13.8. The summed E-state index contributed by atoms with van der Waals surface area (Å²) in [5.74, 6) is -3.35. The molecular weight excluding hydrogens is 395 g/mol. The van der Waals surface area contributed by atoms with Crippen LogP contribution in [-0.4, -0.2) is 33.7 Å². The number of amides is 2. The number of carbonyl (C=O) groups is 2. The Bertz CT molecular complexity index is 967. The van der Waals surface area contributed by atoms with Crippen LogP contribution in [0, 0.1) is 16.0 Å². The molecule has 0 aromatic heterocycles. The fourth-order valence-electron chi connectivity index (χ4n) is 3.23. The number of ketones is 1. The standard InChI is InChI=1S/C18H14F3N3O5/c19-18(20,21)17(27)13(15(25)10-5-2-1-3-6-10)14(22-16(26)23-17)11-7-4-8-12(9-11)24(28)29/h1-9,13-14,27H,(H2,22,23,26)/t13-,14+,17-/m1/s1. The Balaban J connectivity index is 2.18. The molecule has 0 unspecified atom stereocenters. The van der Waals surface area contributed by atoms with Gasteiger partial charge in [-0.25, -0.2) is 4.79 Å². The van der Waals surface area contributed by atoms with Crippen LogP contribution in [0.1, 0.15) is 22.0 Å². The molecule has 3 atom stereocenters. The van der Waals surface area contributed by atoms with Crippen molar-refractivity contribution in [2.75, 3.05) is 0 Å². The number of non-ortho nitro benzene ring substituents is 1. The summed E-state index contributed by atoms with van der Waals surface area (Å²) in [6.07, 6.45) is -5.40. The molecule has 0 aliphatic carbocycles. The zero-order valence-electron chi connectivity index (χ0n) is 14.5. The van der Waals surface area contributed by atoms with Crippen LogP contribution in [0.2, 0.25) is 0 Å². The Labute approximate surface area is 161 Å². The number of hydrogen-bond donors (Lipinski definition) is 3. The Hall–Kier alpha value is -3.47. The molecule has 1 saturated heterocycles. The van der Waals surface area contributed by atoms with Crippen molar-refractivity contribution < 1.29 is 32.8 Å². The maximum absolute atomic E-state index is 13.8. The van der Waals surface area contributed by atoms with Gasteiger partial charge in [0.2, 0.25) is 5.72 Å². The normalized spacial score (nSPS) is 24.3. The first kappa shape index (κ1) is 20.3. The van der Waals surface area contributed by atoms with Crippen molar-refractivity contribution >= 4 is 17.5 Å². The third-order valence-corrected chi connectivity index (χ3v) is 4.59. The number of rotatable bonds is 4. The first-order chi connectivity index (χ1) is 13.5. The predicted octanol–water partition coefficient (Wildman–Crippen LogP) is 2.70. The lowest BCUT2D eigenvalue weighted by molar-refractivity contribution is -0.385. The minimum absolute atomic E-state index is 0.131. The number of carbonyl (C=O) groups excluding carboxylic acids is 2. The van der Waals surface area contributed by atoms with Gasteiger partial charge in [0.25, 0.3) is 5.69 Å². The first-order valence-corrected chi connectivity index (χ1v) is 8.26. The Morgan fingerprint density at radius 1 is 1.14 bits per heavy atom. The number of nitrogens with zero attached hydrogens (tertiary/aromatic N) is 1. The van der Waals surface area contributed by atoms with Crippen molar-refractivity contribution in [2.45, 2.75) is 17.9 Å². The highest BCUT2D eigenvalue weighted by Gasteiger charge is 2.66. The van der Waals surface area contributed by atoms with Gasteiger partial charge in [0, 0.05) is 17.7 Å². The number of nitro benzene ring substituents is 1.